The molecule has 0 aromatic heterocycles. The summed E-state index contributed by atoms with van der Waals surface area (Å²) >= 11 is 0. The van der Waals surface area contributed by atoms with Crippen molar-refractivity contribution in [2.45, 2.75) is 32.2 Å². The predicted molar refractivity (Wildman–Crippen MR) is 76.9 cm³/mol. The van der Waals surface area contributed by atoms with Gasteiger partial charge in [-0.2, -0.15) is 0 Å². The molecule has 110 valence electrons. The highest BCUT2D eigenvalue weighted by Gasteiger charge is 2.26. The average molecular weight is 277 g/mol. The van der Waals surface area contributed by atoms with Crippen molar-refractivity contribution in [2.24, 2.45) is 11.8 Å². The third kappa shape index (κ3) is 2.76. The number of aliphatic hydroxyl groups excluding tert-OH is 1. The minimum atomic E-state index is 0.282. The molecule has 0 bridgehead atoms. The van der Waals surface area contributed by atoms with Crippen molar-refractivity contribution in [1.82, 2.24) is 5.32 Å². The molecule has 3 unspecified atom stereocenters. The normalized spacial score (nSPS) is 25.9. The molecule has 3 rings (SSSR count). The Bertz CT molecular complexity index is 463. The van der Waals surface area contributed by atoms with Crippen molar-refractivity contribution in [3.63, 3.8) is 0 Å². The molecule has 0 spiro atoms. The van der Waals surface area contributed by atoms with Gasteiger partial charge in [0.2, 0.25) is 6.79 Å². The highest BCUT2D eigenvalue weighted by molar-refractivity contribution is 5.45. The zero-order valence-corrected chi connectivity index (χ0v) is 12.0. The SMILES string of the molecule is CC(NCC1CCCC1CO)c1ccc2c(c1)OCO2. The maximum Gasteiger partial charge on any atom is 0.231 e. The molecule has 1 saturated carbocycles. The fraction of sp³-hybridized carbons (Fsp3) is 0.625. The fourth-order valence-corrected chi connectivity index (χ4v) is 3.25. The number of aliphatic hydroxyl groups is 1. The molecule has 20 heavy (non-hydrogen) atoms. The number of ether oxygens (including phenoxy) is 2. The van der Waals surface area contributed by atoms with E-state index in [4.69, 9.17) is 9.47 Å². The Kier molecular flexibility index (Phi) is 4.13. The van der Waals surface area contributed by atoms with Crippen molar-refractivity contribution >= 4 is 0 Å². The molecule has 0 saturated heterocycles. The average Bonchev–Trinajstić information content (AvgIpc) is 3.12. The molecule has 1 fully saturated rings. The van der Waals surface area contributed by atoms with Crippen molar-refractivity contribution in [3.8, 4) is 11.5 Å². The largest absolute Gasteiger partial charge is 0.454 e. The Balaban J connectivity index is 1.57. The summed E-state index contributed by atoms with van der Waals surface area (Å²) in [5.41, 5.74) is 1.22. The molecule has 1 aliphatic heterocycles. The lowest BCUT2D eigenvalue weighted by Gasteiger charge is -2.21. The van der Waals surface area contributed by atoms with Gasteiger partial charge >= 0.3 is 0 Å². The van der Waals surface area contributed by atoms with Gasteiger partial charge in [-0.25, -0.2) is 0 Å². The Morgan fingerprint density at radius 2 is 2.05 bits per heavy atom. The summed E-state index contributed by atoms with van der Waals surface area (Å²) < 4.78 is 10.8. The number of hydrogen-bond acceptors (Lipinski definition) is 4. The second-order valence-electron chi connectivity index (χ2n) is 5.88. The van der Waals surface area contributed by atoms with Crippen molar-refractivity contribution in [2.75, 3.05) is 19.9 Å². The van der Waals surface area contributed by atoms with Crippen LogP contribution in [0.2, 0.25) is 0 Å². The number of nitrogens with one attached hydrogen (secondary N) is 1. The number of hydrogen-bond donors (Lipinski definition) is 2. The van der Waals surface area contributed by atoms with E-state index in [9.17, 15) is 5.11 Å². The third-order valence-corrected chi connectivity index (χ3v) is 4.63. The Labute approximate surface area is 120 Å². The highest BCUT2D eigenvalue weighted by Crippen LogP contribution is 2.35. The molecule has 2 N–H and O–H groups in total. The number of benzene rings is 1. The smallest absolute Gasteiger partial charge is 0.231 e. The Morgan fingerprint density at radius 3 is 2.90 bits per heavy atom. The topological polar surface area (TPSA) is 50.7 Å². The van der Waals surface area contributed by atoms with Crippen LogP contribution in [-0.4, -0.2) is 25.1 Å². The molecule has 1 aromatic carbocycles. The minimum Gasteiger partial charge on any atom is -0.454 e. The predicted octanol–water partition coefficient (Wildman–Crippen LogP) is 2.47. The summed E-state index contributed by atoms with van der Waals surface area (Å²) in [6, 6.07) is 6.40. The lowest BCUT2D eigenvalue weighted by molar-refractivity contribution is 0.174. The third-order valence-electron chi connectivity index (χ3n) is 4.63. The molecule has 0 radical (unpaired) electrons. The van der Waals surface area contributed by atoms with Crippen molar-refractivity contribution < 1.29 is 14.6 Å². The van der Waals surface area contributed by atoms with E-state index in [-0.39, 0.29) is 6.04 Å². The maximum atomic E-state index is 9.37. The van der Waals surface area contributed by atoms with Gasteiger partial charge in [-0.1, -0.05) is 12.5 Å². The first-order valence-electron chi connectivity index (χ1n) is 7.51. The Hall–Kier alpha value is -1.26. The first-order valence-corrected chi connectivity index (χ1v) is 7.51. The number of fused-ring (bicyclic) bond motifs is 1. The first-order chi connectivity index (χ1) is 9.78. The standard InChI is InChI=1S/C16H23NO3/c1-11(17-8-13-3-2-4-14(13)9-18)12-5-6-15-16(7-12)20-10-19-15/h5-7,11,13-14,17-18H,2-4,8-10H2,1H3. The maximum absolute atomic E-state index is 9.37. The van der Waals surface area contributed by atoms with E-state index < -0.39 is 0 Å². The van der Waals surface area contributed by atoms with Crippen LogP contribution in [-0.2, 0) is 0 Å². The van der Waals surface area contributed by atoms with Crippen LogP contribution in [0.1, 0.15) is 37.8 Å². The van der Waals surface area contributed by atoms with E-state index in [0.29, 0.717) is 25.2 Å². The van der Waals surface area contributed by atoms with Crippen LogP contribution in [0.4, 0.5) is 0 Å². The van der Waals surface area contributed by atoms with E-state index in [1.54, 1.807) is 0 Å². The molecular weight excluding hydrogens is 254 g/mol. The minimum absolute atomic E-state index is 0.282. The number of rotatable bonds is 5. The van der Waals surface area contributed by atoms with Gasteiger partial charge in [0.25, 0.3) is 0 Å². The molecule has 1 aliphatic carbocycles. The lowest BCUT2D eigenvalue weighted by Crippen LogP contribution is -2.28. The van der Waals surface area contributed by atoms with Crippen LogP contribution in [0.25, 0.3) is 0 Å². The highest BCUT2D eigenvalue weighted by atomic mass is 16.7. The van der Waals surface area contributed by atoms with Gasteiger partial charge in [-0.3, -0.25) is 0 Å². The molecule has 4 heteroatoms. The van der Waals surface area contributed by atoms with Gasteiger partial charge in [0.05, 0.1) is 0 Å². The summed E-state index contributed by atoms with van der Waals surface area (Å²) in [4.78, 5) is 0. The summed E-state index contributed by atoms with van der Waals surface area (Å²) in [7, 11) is 0. The van der Waals surface area contributed by atoms with Crippen molar-refractivity contribution in [3.05, 3.63) is 23.8 Å². The molecule has 1 heterocycles. The van der Waals surface area contributed by atoms with E-state index in [0.717, 1.165) is 18.0 Å². The quantitative estimate of drug-likeness (QED) is 0.868. The first kappa shape index (κ1) is 13.7. The molecule has 3 atom stereocenters. The summed E-state index contributed by atoms with van der Waals surface area (Å²) in [5, 5.41) is 13.0. The van der Waals surface area contributed by atoms with Gasteiger partial charge in [0.1, 0.15) is 0 Å². The lowest BCUT2D eigenvalue weighted by atomic mass is 9.96. The van der Waals surface area contributed by atoms with Crippen LogP contribution >= 0.6 is 0 Å². The van der Waals surface area contributed by atoms with Crippen LogP contribution < -0.4 is 14.8 Å². The molecule has 4 nitrogen and oxygen atoms in total. The monoisotopic (exact) mass is 277 g/mol. The molecular formula is C16H23NO3. The van der Waals surface area contributed by atoms with E-state index in [2.05, 4.69) is 24.4 Å². The van der Waals surface area contributed by atoms with Crippen LogP contribution in [0, 0.1) is 11.8 Å². The zero-order chi connectivity index (χ0) is 13.9. The summed E-state index contributed by atoms with van der Waals surface area (Å²) in [5.74, 6) is 2.75. The van der Waals surface area contributed by atoms with Crippen LogP contribution in [0.5, 0.6) is 11.5 Å². The second kappa shape index (κ2) is 6.02. The fourth-order valence-electron chi connectivity index (χ4n) is 3.25. The van der Waals surface area contributed by atoms with Gasteiger partial charge < -0.3 is 19.9 Å². The van der Waals surface area contributed by atoms with Crippen LogP contribution in [0.15, 0.2) is 18.2 Å². The van der Waals surface area contributed by atoms with Gasteiger partial charge in [0, 0.05) is 12.6 Å². The molecule has 0 amide bonds. The van der Waals surface area contributed by atoms with Gasteiger partial charge in [-0.15, -0.1) is 0 Å². The van der Waals surface area contributed by atoms with Gasteiger partial charge in [-0.05, 0) is 55.8 Å². The van der Waals surface area contributed by atoms with Crippen molar-refractivity contribution in [1.29, 1.82) is 0 Å². The summed E-state index contributed by atoms with van der Waals surface area (Å²) in [6.45, 7) is 3.78. The van der Waals surface area contributed by atoms with Crippen LogP contribution in [0.3, 0.4) is 0 Å². The Morgan fingerprint density at radius 1 is 1.25 bits per heavy atom. The van der Waals surface area contributed by atoms with E-state index in [1.807, 2.05) is 6.07 Å². The molecule has 2 aliphatic rings. The van der Waals surface area contributed by atoms with E-state index in [1.165, 1.54) is 24.8 Å². The second-order valence-corrected chi connectivity index (χ2v) is 5.88. The van der Waals surface area contributed by atoms with E-state index >= 15 is 0 Å². The summed E-state index contributed by atoms with van der Waals surface area (Å²) in [6.07, 6.45) is 3.64. The zero-order valence-electron chi connectivity index (χ0n) is 12.0. The molecule has 1 aromatic rings. The van der Waals surface area contributed by atoms with Gasteiger partial charge in [0.15, 0.2) is 11.5 Å².